The van der Waals surface area contributed by atoms with Crippen LogP contribution in [0.5, 0.6) is 5.75 Å². The lowest BCUT2D eigenvalue weighted by atomic mass is 9.94. The van der Waals surface area contributed by atoms with Crippen LogP contribution < -0.4 is 10.1 Å². The number of aliphatic hydroxyl groups is 7. The number of nitro benzene ring substituents is 1. The van der Waals surface area contributed by atoms with Crippen molar-refractivity contribution < 1.29 is 54.9 Å². The molecule has 0 radical (unpaired) electrons. The lowest BCUT2D eigenvalue weighted by Gasteiger charge is -2.46. The number of nitrogens with zero attached hydrogens (tertiary/aromatic N) is 1. The standard InChI is InChI=1S/C18H26N2O12/c21-5-9-13(24)15(26)16(27)17(31-9)19-11-14(25)12(23)10(6-22)32-18(11)30-8-3-1-7(2-4-8)20(28)29/h1-4,9-19,21-27H,5-6H2/t9-,10-,11-,12-,13-,14-,15+,16-,17-,18-/m1/s1. The molecule has 14 nitrogen and oxygen atoms in total. The second-order valence-electron chi connectivity index (χ2n) is 7.52. The van der Waals surface area contributed by atoms with Crippen molar-refractivity contribution in [2.24, 2.45) is 0 Å². The van der Waals surface area contributed by atoms with Crippen LogP contribution in [0.15, 0.2) is 24.3 Å². The lowest BCUT2D eigenvalue weighted by molar-refractivity contribution is -0.384. The molecule has 0 amide bonds. The van der Waals surface area contributed by atoms with E-state index in [1.165, 1.54) is 24.3 Å². The van der Waals surface area contributed by atoms with Crippen LogP contribution in [0.3, 0.4) is 0 Å². The Kier molecular flexibility index (Phi) is 7.94. The zero-order valence-electron chi connectivity index (χ0n) is 16.6. The van der Waals surface area contributed by atoms with Gasteiger partial charge in [0.2, 0.25) is 6.29 Å². The Morgan fingerprint density at radius 1 is 0.875 bits per heavy atom. The van der Waals surface area contributed by atoms with E-state index >= 15 is 0 Å². The molecule has 10 atom stereocenters. The number of ether oxygens (including phenoxy) is 3. The Hall–Kier alpha value is -1.98. The van der Waals surface area contributed by atoms with Gasteiger partial charge >= 0.3 is 0 Å². The van der Waals surface area contributed by atoms with E-state index in [2.05, 4.69) is 5.32 Å². The number of non-ortho nitro benzene ring substituents is 1. The highest BCUT2D eigenvalue weighted by atomic mass is 16.7. The summed E-state index contributed by atoms with van der Waals surface area (Å²) in [6.07, 6.45) is -13.4. The van der Waals surface area contributed by atoms with Gasteiger partial charge in [-0.2, -0.15) is 0 Å². The van der Waals surface area contributed by atoms with Crippen LogP contribution in [0.25, 0.3) is 0 Å². The van der Waals surface area contributed by atoms with Crippen molar-refractivity contribution in [3.63, 3.8) is 0 Å². The monoisotopic (exact) mass is 462 g/mol. The van der Waals surface area contributed by atoms with Crippen LogP contribution in [0.2, 0.25) is 0 Å². The van der Waals surface area contributed by atoms with E-state index in [1.54, 1.807) is 0 Å². The first-order valence-electron chi connectivity index (χ1n) is 9.78. The van der Waals surface area contributed by atoms with Gasteiger partial charge < -0.3 is 50.0 Å². The first kappa shape index (κ1) is 24.7. The maximum atomic E-state index is 10.8. The van der Waals surface area contributed by atoms with Gasteiger partial charge in [-0.3, -0.25) is 15.4 Å². The van der Waals surface area contributed by atoms with Crippen LogP contribution in [-0.4, -0.2) is 115 Å². The Morgan fingerprint density at radius 3 is 2.00 bits per heavy atom. The topological polar surface area (TPSA) is 224 Å². The van der Waals surface area contributed by atoms with Gasteiger partial charge in [0.25, 0.3) is 5.69 Å². The second-order valence-corrected chi connectivity index (χ2v) is 7.52. The van der Waals surface area contributed by atoms with Crippen molar-refractivity contribution in [2.75, 3.05) is 13.2 Å². The predicted molar refractivity (Wildman–Crippen MR) is 102 cm³/mol. The quantitative estimate of drug-likeness (QED) is 0.144. The minimum absolute atomic E-state index is 0.0986. The maximum absolute atomic E-state index is 10.8. The van der Waals surface area contributed by atoms with Crippen molar-refractivity contribution >= 4 is 5.69 Å². The molecule has 0 saturated carbocycles. The van der Waals surface area contributed by atoms with E-state index in [0.29, 0.717) is 0 Å². The molecule has 0 aliphatic carbocycles. The first-order valence-corrected chi connectivity index (χ1v) is 9.78. The van der Waals surface area contributed by atoms with Crippen LogP contribution in [0, 0.1) is 10.1 Å². The Bertz CT molecular complexity index is 765. The minimum atomic E-state index is -1.69. The van der Waals surface area contributed by atoms with Gasteiger partial charge in [-0.1, -0.05) is 0 Å². The van der Waals surface area contributed by atoms with Crippen LogP contribution in [0.1, 0.15) is 0 Å². The first-order chi connectivity index (χ1) is 15.2. The van der Waals surface area contributed by atoms with Crippen molar-refractivity contribution in [3.05, 3.63) is 34.4 Å². The molecule has 2 aliphatic rings. The number of nitrogens with one attached hydrogen (secondary N) is 1. The normalized spacial score (nSPS) is 40.1. The summed E-state index contributed by atoms with van der Waals surface area (Å²) in [6, 6.07) is 3.60. The fraction of sp³-hybridized carbons (Fsp3) is 0.667. The molecule has 2 aliphatic heterocycles. The Morgan fingerprint density at radius 2 is 1.44 bits per heavy atom. The van der Waals surface area contributed by atoms with Crippen molar-refractivity contribution in [1.82, 2.24) is 5.32 Å². The molecule has 1 aromatic carbocycles. The average Bonchev–Trinajstić information content (AvgIpc) is 2.78. The highest BCUT2D eigenvalue weighted by molar-refractivity contribution is 5.36. The Labute approximate surface area is 181 Å². The SMILES string of the molecule is O=[N+]([O-])c1ccc(O[C@@H]2O[C@H](CO)[C@@H](O)[C@H](O)[C@H]2N[C@@H]2O[C@H](CO)[C@@H](O)[C@H](O)[C@H]2O)cc1. The van der Waals surface area contributed by atoms with E-state index in [1.807, 2.05) is 0 Å². The molecule has 14 heteroatoms. The number of aliphatic hydroxyl groups excluding tert-OH is 7. The summed E-state index contributed by atoms with van der Waals surface area (Å²) in [6.45, 7) is -1.34. The molecular weight excluding hydrogens is 436 g/mol. The molecular formula is C18H26N2O12. The Balaban J connectivity index is 1.81. The largest absolute Gasteiger partial charge is 0.463 e. The fourth-order valence-corrected chi connectivity index (χ4v) is 3.57. The average molecular weight is 462 g/mol. The van der Waals surface area contributed by atoms with E-state index < -0.39 is 79.4 Å². The fourth-order valence-electron chi connectivity index (χ4n) is 3.57. The molecule has 2 fully saturated rings. The third kappa shape index (κ3) is 4.99. The van der Waals surface area contributed by atoms with Gasteiger partial charge in [-0.15, -0.1) is 0 Å². The van der Waals surface area contributed by atoms with Crippen LogP contribution in [-0.2, 0) is 9.47 Å². The van der Waals surface area contributed by atoms with E-state index in [9.17, 15) is 45.9 Å². The van der Waals surface area contributed by atoms with Gasteiger partial charge in [0.15, 0.2) is 0 Å². The molecule has 2 heterocycles. The van der Waals surface area contributed by atoms with Crippen LogP contribution in [0.4, 0.5) is 5.69 Å². The van der Waals surface area contributed by atoms with Crippen molar-refractivity contribution in [2.45, 2.75) is 61.3 Å². The van der Waals surface area contributed by atoms with E-state index in [4.69, 9.17) is 14.2 Å². The molecule has 2 saturated heterocycles. The summed E-state index contributed by atoms with van der Waals surface area (Å²) >= 11 is 0. The van der Waals surface area contributed by atoms with Gasteiger partial charge in [-0.05, 0) is 12.1 Å². The molecule has 0 aromatic heterocycles. The summed E-state index contributed by atoms with van der Waals surface area (Å²) < 4.78 is 16.5. The summed E-state index contributed by atoms with van der Waals surface area (Å²) in [4.78, 5) is 10.2. The summed E-state index contributed by atoms with van der Waals surface area (Å²) in [5.41, 5.74) is -0.193. The number of benzene rings is 1. The summed E-state index contributed by atoms with van der Waals surface area (Å²) in [5.74, 6) is 0.0986. The van der Waals surface area contributed by atoms with Gasteiger partial charge in [0, 0.05) is 12.1 Å². The third-order valence-corrected chi connectivity index (χ3v) is 5.43. The zero-order valence-corrected chi connectivity index (χ0v) is 16.6. The summed E-state index contributed by atoms with van der Waals surface area (Å²) in [7, 11) is 0. The molecule has 0 bridgehead atoms. The third-order valence-electron chi connectivity index (χ3n) is 5.43. The van der Waals surface area contributed by atoms with E-state index in [-0.39, 0.29) is 11.4 Å². The highest BCUT2D eigenvalue weighted by Crippen LogP contribution is 2.28. The number of rotatable bonds is 7. The number of nitro groups is 1. The molecule has 180 valence electrons. The number of hydrogen-bond donors (Lipinski definition) is 8. The smallest absolute Gasteiger partial charge is 0.269 e. The van der Waals surface area contributed by atoms with Crippen molar-refractivity contribution in [3.8, 4) is 5.75 Å². The molecule has 8 N–H and O–H groups in total. The lowest BCUT2D eigenvalue weighted by Crippen LogP contribution is -2.70. The summed E-state index contributed by atoms with van der Waals surface area (Å²) in [5, 5.41) is 83.2. The van der Waals surface area contributed by atoms with Gasteiger partial charge in [-0.25, -0.2) is 0 Å². The molecule has 0 unspecified atom stereocenters. The predicted octanol–water partition coefficient (Wildman–Crippen LogP) is -3.83. The molecule has 0 spiro atoms. The molecule has 3 rings (SSSR count). The molecule has 1 aromatic rings. The number of hydrogen-bond acceptors (Lipinski definition) is 13. The minimum Gasteiger partial charge on any atom is -0.463 e. The van der Waals surface area contributed by atoms with Crippen LogP contribution >= 0.6 is 0 Å². The van der Waals surface area contributed by atoms with Gasteiger partial charge in [0.1, 0.15) is 60.7 Å². The second kappa shape index (κ2) is 10.3. The van der Waals surface area contributed by atoms with E-state index in [0.717, 1.165) is 0 Å². The highest BCUT2D eigenvalue weighted by Gasteiger charge is 2.50. The molecule has 32 heavy (non-hydrogen) atoms. The maximum Gasteiger partial charge on any atom is 0.269 e. The zero-order chi connectivity index (χ0) is 23.6. The van der Waals surface area contributed by atoms with Gasteiger partial charge in [0.05, 0.1) is 18.1 Å². The van der Waals surface area contributed by atoms with Crippen molar-refractivity contribution in [1.29, 1.82) is 0 Å².